The molecule has 0 spiro atoms. The molecule has 13 heavy (non-hydrogen) atoms. The summed E-state index contributed by atoms with van der Waals surface area (Å²) in [5.74, 6) is 0.852. The van der Waals surface area contributed by atoms with Gasteiger partial charge in [-0.05, 0) is 25.7 Å². The van der Waals surface area contributed by atoms with Crippen molar-refractivity contribution in [2.75, 3.05) is 6.61 Å². The van der Waals surface area contributed by atoms with Crippen molar-refractivity contribution in [1.29, 1.82) is 0 Å². The largest absolute Gasteiger partial charge is 0.232 e. The first kappa shape index (κ1) is 12.7. The van der Waals surface area contributed by atoms with Crippen molar-refractivity contribution >= 4 is 0 Å². The quantitative estimate of drug-likeness (QED) is 0.532. The average molecular weight is 183 g/mol. The van der Waals surface area contributed by atoms with Crippen LogP contribution >= 0.6 is 0 Å². The minimum Gasteiger partial charge on any atom is -0.232 e. The maximum absolute atomic E-state index is 10.3. The molecule has 0 aliphatic rings. The second-order valence-electron chi connectivity index (χ2n) is 4.00. The Bertz CT molecular complexity index is 138. The molecule has 1 nitrogen and oxygen atoms in total. The van der Waals surface area contributed by atoms with Crippen LogP contribution in [0.2, 0.25) is 0 Å². The molecular weight excluding hydrogens is 160 g/mol. The lowest BCUT2D eigenvalue weighted by atomic mass is 9.98. The Morgan fingerprint density at radius 3 is 2.62 bits per heavy atom. The molecule has 1 radical (unpaired) electrons. The summed E-state index contributed by atoms with van der Waals surface area (Å²) in [4.78, 5) is 0. The standard InChI is InChI=1S/C12H23O/c1-4-6-11(2)7-5-8-12(3)9-10-13/h9,11H,4-8,10H2,1-3H3/b12-9+. The van der Waals surface area contributed by atoms with Crippen LogP contribution in [0.5, 0.6) is 0 Å². The maximum Gasteiger partial charge on any atom is 0.101 e. The summed E-state index contributed by atoms with van der Waals surface area (Å²) in [5, 5.41) is 10.3. The van der Waals surface area contributed by atoms with E-state index in [9.17, 15) is 5.11 Å². The van der Waals surface area contributed by atoms with Crippen molar-refractivity contribution in [3.63, 3.8) is 0 Å². The van der Waals surface area contributed by atoms with E-state index in [1.807, 2.05) is 0 Å². The molecular formula is C12H23O. The third-order valence-electron chi connectivity index (χ3n) is 2.48. The molecule has 1 unspecified atom stereocenters. The van der Waals surface area contributed by atoms with E-state index in [4.69, 9.17) is 0 Å². The summed E-state index contributed by atoms with van der Waals surface area (Å²) in [5.41, 5.74) is 1.26. The topological polar surface area (TPSA) is 19.9 Å². The van der Waals surface area contributed by atoms with Gasteiger partial charge in [0, 0.05) is 0 Å². The molecule has 0 fully saturated rings. The number of hydrogen-bond acceptors (Lipinski definition) is 0. The number of rotatable bonds is 7. The van der Waals surface area contributed by atoms with E-state index in [1.165, 1.54) is 31.3 Å². The van der Waals surface area contributed by atoms with Gasteiger partial charge in [-0.25, -0.2) is 5.11 Å². The summed E-state index contributed by atoms with van der Waals surface area (Å²) in [7, 11) is 0. The van der Waals surface area contributed by atoms with Crippen molar-refractivity contribution < 1.29 is 5.11 Å². The van der Waals surface area contributed by atoms with Crippen LogP contribution in [0.1, 0.15) is 52.9 Å². The molecule has 0 saturated heterocycles. The van der Waals surface area contributed by atoms with E-state index in [1.54, 1.807) is 6.08 Å². The fourth-order valence-corrected chi connectivity index (χ4v) is 1.61. The first-order valence-corrected chi connectivity index (χ1v) is 5.44. The molecule has 0 rings (SSSR count). The van der Waals surface area contributed by atoms with Crippen molar-refractivity contribution in [3.8, 4) is 0 Å². The fourth-order valence-electron chi connectivity index (χ4n) is 1.61. The normalized spacial score (nSPS) is 14.6. The van der Waals surface area contributed by atoms with Gasteiger partial charge in [0.1, 0.15) is 6.61 Å². The van der Waals surface area contributed by atoms with Gasteiger partial charge in [0.15, 0.2) is 0 Å². The molecule has 0 aliphatic carbocycles. The first-order valence-electron chi connectivity index (χ1n) is 5.44. The van der Waals surface area contributed by atoms with Crippen LogP contribution in [-0.2, 0) is 5.11 Å². The van der Waals surface area contributed by atoms with E-state index in [0.29, 0.717) is 0 Å². The molecule has 0 bridgehead atoms. The SMILES string of the molecule is CCCC(C)CCC/C(C)=C/C[O]. The van der Waals surface area contributed by atoms with Crippen molar-refractivity contribution in [2.24, 2.45) is 5.92 Å². The lowest BCUT2D eigenvalue weighted by Crippen LogP contribution is -1.94. The zero-order chi connectivity index (χ0) is 10.1. The summed E-state index contributed by atoms with van der Waals surface area (Å²) in [6.45, 7) is 6.55. The third-order valence-corrected chi connectivity index (χ3v) is 2.48. The highest BCUT2D eigenvalue weighted by molar-refractivity contribution is 4.97. The van der Waals surface area contributed by atoms with Gasteiger partial charge in [0.25, 0.3) is 0 Å². The Kier molecular flexibility index (Phi) is 8.11. The van der Waals surface area contributed by atoms with Crippen LogP contribution in [0, 0.1) is 5.92 Å². The monoisotopic (exact) mass is 183 g/mol. The zero-order valence-electron chi connectivity index (χ0n) is 9.31. The maximum atomic E-state index is 10.3. The van der Waals surface area contributed by atoms with Gasteiger partial charge in [-0.2, -0.15) is 0 Å². The van der Waals surface area contributed by atoms with Crippen LogP contribution in [0.15, 0.2) is 11.6 Å². The van der Waals surface area contributed by atoms with Crippen molar-refractivity contribution in [2.45, 2.75) is 52.9 Å². The van der Waals surface area contributed by atoms with Crippen LogP contribution in [0.4, 0.5) is 0 Å². The second kappa shape index (κ2) is 8.31. The number of hydrogen-bond donors (Lipinski definition) is 0. The van der Waals surface area contributed by atoms with Gasteiger partial charge in [-0.15, -0.1) is 0 Å². The highest BCUT2D eigenvalue weighted by Crippen LogP contribution is 2.15. The summed E-state index contributed by atoms with van der Waals surface area (Å²) in [6, 6.07) is 0. The summed E-state index contributed by atoms with van der Waals surface area (Å²) in [6.07, 6.45) is 8.07. The molecule has 0 saturated carbocycles. The molecule has 0 aromatic carbocycles. The predicted octanol–water partition coefficient (Wildman–Crippen LogP) is 3.97. The molecule has 1 heteroatoms. The Balaban J connectivity index is 3.38. The molecule has 0 N–H and O–H groups in total. The van der Waals surface area contributed by atoms with E-state index >= 15 is 0 Å². The molecule has 0 aromatic heterocycles. The van der Waals surface area contributed by atoms with Gasteiger partial charge in [-0.1, -0.05) is 44.8 Å². The molecule has 0 heterocycles. The van der Waals surface area contributed by atoms with Gasteiger partial charge in [0.2, 0.25) is 0 Å². The van der Waals surface area contributed by atoms with Gasteiger partial charge >= 0.3 is 0 Å². The lowest BCUT2D eigenvalue weighted by molar-refractivity contribution is 0.231. The predicted molar refractivity (Wildman–Crippen MR) is 57.2 cm³/mol. The minimum absolute atomic E-state index is 0.0592. The Labute approximate surface area is 82.9 Å². The van der Waals surface area contributed by atoms with Gasteiger partial charge in [-0.3, -0.25) is 0 Å². The zero-order valence-corrected chi connectivity index (χ0v) is 9.31. The van der Waals surface area contributed by atoms with Crippen LogP contribution in [0.3, 0.4) is 0 Å². The van der Waals surface area contributed by atoms with Crippen LogP contribution in [0.25, 0.3) is 0 Å². The van der Waals surface area contributed by atoms with E-state index in [-0.39, 0.29) is 6.61 Å². The highest BCUT2D eigenvalue weighted by Gasteiger charge is 2.00. The van der Waals surface area contributed by atoms with Crippen molar-refractivity contribution in [1.82, 2.24) is 0 Å². The third kappa shape index (κ3) is 8.04. The van der Waals surface area contributed by atoms with Crippen LogP contribution < -0.4 is 0 Å². The fraction of sp³-hybridized carbons (Fsp3) is 0.833. The second-order valence-corrected chi connectivity index (χ2v) is 4.00. The minimum atomic E-state index is -0.0592. The Morgan fingerprint density at radius 1 is 1.38 bits per heavy atom. The van der Waals surface area contributed by atoms with Gasteiger partial charge < -0.3 is 0 Å². The summed E-state index contributed by atoms with van der Waals surface area (Å²) >= 11 is 0. The van der Waals surface area contributed by atoms with E-state index in [0.717, 1.165) is 12.3 Å². The molecule has 77 valence electrons. The number of allylic oxidation sites excluding steroid dienone is 1. The van der Waals surface area contributed by atoms with E-state index < -0.39 is 0 Å². The lowest BCUT2D eigenvalue weighted by Gasteiger charge is -2.09. The van der Waals surface area contributed by atoms with E-state index in [2.05, 4.69) is 20.8 Å². The smallest absolute Gasteiger partial charge is 0.101 e. The molecule has 0 amide bonds. The Morgan fingerprint density at radius 2 is 2.08 bits per heavy atom. The van der Waals surface area contributed by atoms with Crippen molar-refractivity contribution in [3.05, 3.63) is 11.6 Å². The summed E-state index contributed by atoms with van der Waals surface area (Å²) < 4.78 is 0. The first-order chi connectivity index (χ1) is 6.20. The Hall–Kier alpha value is -0.300. The molecule has 0 aliphatic heterocycles. The van der Waals surface area contributed by atoms with Crippen LogP contribution in [-0.4, -0.2) is 6.61 Å². The highest BCUT2D eigenvalue weighted by atomic mass is 16.2. The average Bonchev–Trinajstić information content (AvgIpc) is 2.05. The molecule has 1 atom stereocenters. The van der Waals surface area contributed by atoms with Gasteiger partial charge in [0.05, 0.1) is 0 Å². The molecule has 0 aromatic rings.